The fourth-order valence-corrected chi connectivity index (χ4v) is 4.36. The number of benzene rings is 2. The van der Waals surface area contributed by atoms with E-state index in [1.54, 1.807) is 54.6 Å². The molecular weight excluding hydrogens is 394 g/mol. The molecule has 0 saturated carbocycles. The maximum absolute atomic E-state index is 12.8. The number of methoxy groups -OCH3 is 1. The van der Waals surface area contributed by atoms with Crippen molar-refractivity contribution in [2.75, 3.05) is 24.4 Å². The highest BCUT2D eigenvalue weighted by Crippen LogP contribution is 2.23. The molecule has 0 fully saturated rings. The molecule has 0 spiro atoms. The van der Waals surface area contributed by atoms with Crippen LogP contribution in [0.3, 0.4) is 0 Å². The maximum Gasteiger partial charge on any atom is 0.310 e. The van der Waals surface area contributed by atoms with Crippen LogP contribution in [-0.4, -0.2) is 45.8 Å². The highest BCUT2D eigenvalue weighted by molar-refractivity contribution is 7.94. The van der Waals surface area contributed by atoms with Gasteiger partial charge in [-0.3, -0.25) is 9.59 Å². The predicted molar refractivity (Wildman–Crippen MR) is 108 cm³/mol. The summed E-state index contributed by atoms with van der Waals surface area (Å²) in [6, 6.07) is 15.1. The van der Waals surface area contributed by atoms with E-state index in [4.69, 9.17) is 9.47 Å². The summed E-state index contributed by atoms with van der Waals surface area (Å²) in [6.45, 7) is -0.493. The van der Waals surface area contributed by atoms with Crippen LogP contribution >= 0.6 is 0 Å². The lowest BCUT2D eigenvalue weighted by atomic mass is 10.1. The second kappa shape index (κ2) is 8.91. The molecule has 0 aliphatic carbocycles. The van der Waals surface area contributed by atoms with E-state index in [2.05, 4.69) is 0 Å². The summed E-state index contributed by atoms with van der Waals surface area (Å²) in [4.78, 5) is 26.4. The third-order valence-electron chi connectivity index (χ3n) is 4.43. The van der Waals surface area contributed by atoms with Gasteiger partial charge in [0.25, 0.3) is 5.91 Å². The van der Waals surface area contributed by atoms with Crippen molar-refractivity contribution >= 4 is 27.4 Å². The molecule has 3 rings (SSSR count). The van der Waals surface area contributed by atoms with E-state index < -0.39 is 34.4 Å². The third kappa shape index (κ3) is 5.23. The lowest BCUT2D eigenvalue weighted by Crippen LogP contribution is -2.43. The topological polar surface area (TPSA) is 90.0 Å². The summed E-state index contributed by atoms with van der Waals surface area (Å²) < 4.78 is 34.0. The van der Waals surface area contributed by atoms with E-state index in [1.165, 1.54) is 18.1 Å². The molecular formula is C21H21NO6S. The molecule has 7 nitrogen and oxygen atoms in total. The van der Waals surface area contributed by atoms with Crippen LogP contribution in [0.15, 0.2) is 66.1 Å². The molecule has 1 aliphatic rings. The van der Waals surface area contributed by atoms with E-state index in [-0.39, 0.29) is 12.2 Å². The number of anilines is 1. The Balaban J connectivity index is 1.69. The van der Waals surface area contributed by atoms with E-state index >= 15 is 0 Å². The Bertz CT molecular complexity index is 1020. The number of para-hydroxylation sites is 2. The van der Waals surface area contributed by atoms with Crippen LogP contribution in [-0.2, 0) is 30.6 Å². The largest absolute Gasteiger partial charge is 0.496 e. The van der Waals surface area contributed by atoms with Crippen molar-refractivity contribution in [2.24, 2.45) is 0 Å². The number of hydrogen-bond donors (Lipinski definition) is 0. The van der Waals surface area contributed by atoms with Crippen LogP contribution in [0.5, 0.6) is 5.75 Å². The van der Waals surface area contributed by atoms with Crippen molar-refractivity contribution in [1.82, 2.24) is 0 Å². The molecule has 1 unspecified atom stereocenters. The van der Waals surface area contributed by atoms with Crippen molar-refractivity contribution in [3.63, 3.8) is 0 Å². The summed E-state index contributed by atoms with van der Waals surface area (Å²) in [7, 11) is -1.85. The van der Waals surface area contributed by atoms with Crippen molar-refractivity contribution in [3.05, 3.63) is 71.6 Å². The molecule has 29 heavy (non-hydrogen) atoms. The Morgan fingerprint density at radius 3 is 2.41 bits per heavy atom. The quantitative estimate of drug-likeness (QED) is 0.644. The van der Waals surface area contributed by atoms with E-state index in [9.17, 15) is 18.0 Å². The van der Waals surface area contributed by atoms with E-state index in [1.807, 2.05) is 0 Å². The molecule has 0 aromatic heterocycles. The van der Waals surface area contributed by atoms with Crippen LogP contribution in [0.25, 0.3) is 0 Å². The minimum Gasteiger partial charge on any atom is -0.496 e. The number of nitrogens with zero attached hydrogens (tertiary/aromatic N) is 1. The number of sulfone groups is 1. The number of hydrogen-bond acceptors (Lipinski definition) is 6. The normalized spacial score (nSPS) is 16.9. The molecule has 8 heteroatoms. The second-order valence-electron chi connectivity index (χ2n) is 6.47. The average molecular weight is 415 g/mol. The van der Waals surface area contributed by atoms with Gasteiger partial charge in [-0.1, -0.05) is 36.4 Å². The number of ether oxygens (including phenoxy) is 2. The first-order valence-electron chi connectivity index (χ1n) is 8.95. The summed E-state index contributed by atoms with van der Waals surface area (Å²) in [6.07, 6.45) is 1.43. The molecule has 2 aromatic carbocycles. The molecule has 0 radical (unpaired) electrons. The van der Waals surface area contributed by atoms with Gasteiger partial charge in [-0.05, 0) is 24.3 Å². The van der Waals surface area contributed by atoms with Gasteiger partial charge in [0.1, 0.15) is 5.75 Å². The van der Waals surface area contributed by atoms with Crippen LogP contribution < -0.4 is 9.64 Å². The molecule has 1 atom stereocenters. The standard InChI is InChI=1S/C21H21NO6S/c1-27-19-10-6-5-7-16(19)13-21(24)28-14-20(23)22(17-8-3-2-4-9-17)18-11-12-29(25,26)15-18/h2-12,18H,13-15H2,1H3. The molecule has 1 aliphatic heterocycles. The lowest BCUT2D eigenvalue weighted by Gasteiger charge is -2.27. The van der Waals surface area contributed by atoms with Crippen molar-refractivity contribution < 1.29 is 27.5 Å². The second-order valence-corrected chi connectivity index (χ2v) is 8.41. The van der Waals surface area contributed by atoms with Crippen LogP contribution in [0, 0.1) is 0 Å². The Kier molecular flexibility index (Phi) is 6.33. The zero-order valence-electron chi connectivity index (χ0n) is 15.9. The van der Waals surface area contributed by atoms with Gasteiger partial charge in [-0.2, -0.15) is 0 Å². The number of amides is 1. The van der Waals surface area contributed by atoms with Gasteiger partial charge in [0.2, 0.25) is 0 Å². The Morgan fingerprint density at radius 1 is 1.07 bits per heavy atom. The Morgan fingerprint density at radius 2 is 1.76 bits per heavy atom. The summed E-state index contributed by atoms with van der Waals surface area (Å²) in [5.41, 5.74) is 1.18. The molecule has 1 heterocycles. The van der Waals surface area contributed by atoms with Gasteiger partial charge in [0.05, 0.1) is 25.3 Å². The summed E-state index contributed by atoms with van der Waals surface area (Å²) in [5.74, 6) is -0.729. The molecule has 2 aromatic rings. The molecule has 0 N–H and O–H groups in total. The SMILES string of the molecule is COc1ccccc1CC(=O)OCC(=O)N(c1ccccc1)C1C=CS(=O)(=O)C1. The highest BCUT2D eigenvalue weighted by atomic mass is 32.2. The minimum atomic E-state index is -3.36. The van der Waals surface area contributed by atoms with Crippen LogP contribution in [0.1, 0.15) is 5.56 Å². The van der Waals surface area contributed by atoms with Gasteiger partial charge in [-0.25, -0.2) is 8.42 Å². The summed E-state index contributed by atoms with van der Waals surface area (Å²) in [5, 5.41) is 1.11. The molecule has 0 bridgehead atoms. The first kappa shape index (κ1) is 20.6. The van der Waals surface area contributed by atoms with Crippen LogP contribution in [0.4, 0.5) is 5.69 Å². The number of carbonyl (C=O) groups excluding carboxylic acids is 2. The number of rotatable bonds is 7. The average Bonchev–Trinajstić information content (AvgIpc) is 3.07. The first-order valence-corrected chi connectivity index (χ1v) is 10.7. The third-order valence-corrected chi connectivity index (χ3v) is 5.81. The van der Waals surface area contributed by atoms with Gasteiger partial charge in [0.15, 0.2) is 16.4 Å². The highest BCUT2D eigenvalue weighted by Gasteiger charge is 2.31. The monoisotopic (exact) mass is 415 g/mol. The number of carbonyl (C=O) groups is 2. The lowest BCUT2D eigenvalue weighted by molar-refractivity contribution is -0.147. The van der Waals surface area contributed by atoms with E-state index in [0.717, 1.165) is 5.41 Å². The fourth-order valence-electron chi connectivity index (χ4n) is 3.10. The van der Waals surface area contributed by atoms with Gasteiger partial charge in [0, 0.05) is 16.7 Å². The van der Waals surface area contributed by atoms with Crippen molar-refractivity contribution in [3.8, 4) is 5.75 Å². The van der Waals surface area contributed by atoms with E-state index in [0.29, 0.717) is 17.0 Å². The van der Waals surface area contributed by atoms with Crippen molar-refractivity contribution in [1.29, 1.82) is 0 Å². The minimum absolute atomic E-state index is 0.0413. The van der Waals surface area contributed by atoms with Gasteiger partial charge < -0.3 is 14.4 Å². The fraction of sp³-hybridized carbons (Fsp3) is 0.238. The van der Waals surface area contributed by atoms with Gasteiger partial charge in [-0.15, -0.1) is 0 Å². The summed E-state index contributed by atoms with van der Waals surface area (Å²) >= 11 is 0. The van der Waals surface area contributed by atoms with Crippen LogP contribution in [0.2, 0.25) is 0 Å². The molecule has 152 valence electrons. The Hall–Kier alpha value is -3.13. The molecule has 1 amide bonds. The smallest absolute Gasteiger partial charge is 0.310 e. The van der Waals surface area contributed by atoms with Crippen molar-refractivity contribution in [2.45, 2.75) is 12.5 Å². The first-order chi connectivity index (χ1) is 13.9. The Labute approximate surface area is 169 Å². The molecule has 0 saturated heterocycles. The number of esters is 1. The zero-order valence-corrected chi connectivity index (χ0v) is 16.7. The zero-order chi connectivity index (χ0) is 20.9. The maximum atomic E-state index is 12.8. The van der Waals surface area contributed by atoms with Gasteiger partial charge >= 0.3 is 5.97 Å². The predicted octanol–water partition coefficient (Wildman–Crippen LogP) is 2.12.